The second-order valence-corrected chi connectivity index (χ2v) is 14.2. The van der Waals surface area contributed by atoms with Gasteiger partial charge in [0.1, 0.15) is 23.6 Å². The number of carbonyl (C=O) groups is 3. The van der Waals surface area contributed by atoms with Gasteiger partial charge < -0.3 is 50.0 Å². The van der Waals surface area contributed by atoms with Gasteiger partial charge in [0.05, 0.1) is 25.4 Å². The molecule has 2 aromatic carbocycles. The van der Waals surface area contributed by atoms with Gasteiger partial charge in [-0.2, -0.15) is 0 Å². The zero-order chi connectivity index (χ0) is 36.0. The molecule has 0 saturated carbocycles. The van der Waals surface area contributed by atoms with Crippen molar-refractivity contribution >= 4 is 18.1 Å². The molecule has 0 aliphatic carbocycles. The minimum Gasteiger partial charge on any atom is -0.484 e. The van der Waals surface area contributed by atoms with Gasteiger partial charge in [-0.3, -0.25) is 4.79 Å². The quantitative estimate of drug-likeness (QED) is 0.188. The van der Waals surface area contributed by atoms with E-state index in [2.05, 4.69) is 16.0 Å². The molecule has 49 heavy (non-hydrogen) atoms. The molecule has 2 aromatic rings. The molecule has 5 N–H and O–H groups in total. The minimum absolute atomic E-state index is 0.00568. The molecule has 0 bridgehead atoms. The summed E-state index contributed by atoms with van der Waals surface area (Å²) in [7, 11) is 0. The molecule has 0 unspecified atom stereocenters. The highest BCUT2D eigenvalue weighted by Crippen LogP contribution is 2.16. The van der Waals surface area contributed by atoms with Gasteiger partial charge >= 0.3 is 12.2 Å². The molecule has 4 atom stereocenters. The average molecular weight is 687 g/mol. The molecule has 3 amide bonds. The zero-order valence-corrected chi connectivity index (χ0v) is 29.6. The Morgan fingerprint density at radius 1 is 0.837 bits per heavy atom. The Morgan fingerprint density at radius 3 is 2.06 bits per heavy atom. The van der Waals surface area contributed by atoms with Gasteiger partial charge in [-0.15, -0.1) is 0 Å². The molecular formula is C36H54N4O9. The van der Waals surface area contributed by atoms with Crippen molar-refractivity contribution in [3.05, 3.63) is 65.7 Å². The Hall–Kier alpha value is -3.91. The highest BCUT2D eigenvalue weighted by molar-refractivity contribution is 5.77. The van der Waals surface area contributed by atoms with Gasteiger partial charge in [-0.25, -0.2) is 9.59 Å². The summed E-state index contributed by atoms with van der Waals surface area (Å²) >= 11 is 0. The first kappa shape index (κ1) is 39.5. The number of amides is 3. The molecule has 0 aromatic heterocycles. The van der Waals surface area contributed by atoms with Crippen LogP contribution in [0, 0.1) is 0 Å². The Balaban J connectivity index is 1.61. The Kier molecular flexibility index (Phi) is 15.1. The van der Waals surface area contributed by atoms with E-state index in [1.165, 1.54) is 0 Å². The van der Waals surface area contributed by atoms with E-state index in [1.54, 1.807) is 49.9 Å². The standard InChI is InChI=1S/C36H54N4O9/c1-35(2,3)39-34(45)48-31(21-25-10-8-7-9-11-25)30(42)23-37-22-29(41)28(38-33(44)49-36(4,5)6)20-26-12-14-27(15-13-26)47-24-32(43)40-16-18-46-19-17-40/h7-15,28-31,37,41-42H,16-24H2,1-6H3,(H,38,44)(H,39,45)/t28-,29+,30+,31-/m0/s1. The van der Waals surface area contributed by atoms with Crippen molar-refractivity contribution in [2.45, 2.75) is 89.9 Å². The third kappa shape index (κ3) is 15.5. The number of ether oxygens (including phenoxy) is 4. The summed E-state index contributed by atoms with van der Waals surface area (Å²) in [5.74, 6) is 0.405. The highest BCUT2D eigenvalue weighted by atomic mass is 16.6. The van der Waals surface area contributed by atoms with Crippen LogP contribution in [0.3, 0.4) is 0 Å². The van der Waals surface area contributed by atoms with Crippen LogP contribution in [0.25, 0.3) is 0 Å². The lowest BCUT2D eigenvalue weighted by Crippen LogP contribution is -2.51. The first-order valence-electron chi connectivity index (χ1n) is 16.7. The Morgan fingerprint density at radius 2 is 1.45 bits per heavy atom. The lowest BCUT2D eigenvalue weighted by molar-refractivity contribution is -0.137. The molecular weight excluding hydrogens is 632 g/mol. The number of nitrogens with one attached hydrogen (secondary N) is 3. The fraction of sp³-hybridized carbons (Fsp3) is 0.583. The van der Waals surface area contributed by atoms with Crippen molar-refractivity contribution < 1.29 is 43.5 Å². The molecule has 0 spiro atoms. The van der Waals surface area contributed by atoms with Crippen LogP contribution in [0.4, 0.5) is 9.59 Å². The molecule has 272 valence electrons. The molecule has 1 fully saturated rings. The normalized spacial score (nSPS) is 16.1. The molecule has 1 aliphatic heterocycles. The predicted molar refractivity (Wildman–Crippen MR) is 184 cm³/mol. The Labute approximate surface area is 289 Å². The lowest BCUT2D eigenvalue weighted by atomic mass is 10.0. The van der Waals surface area contributed by atoms with Crippen LogP contribution >= 0.6 is 0 Å². The summed E-state index contributed by atoms with van der Waals surface area (Å²) in [5.41, 5.74) is 0.421. The van der Waals surface area contributed by atoms with E-state index in [0.29, 0.717) is 32.1 Å². The molecule has 13 heteroatoms. The second kappa shape index (κ2) is 18.7. The topological polar surface area (TPSA) is 168 Å². The summed E-state index contributed by atoms with van der Waals surface area (Å²) in [6, 6.07) is 15.7. The molecule has 1 aliphatic rings. The van der Waals surface area contributed by atoms with Gasteiger partial charge in [0.2, 0.25) is 0 Å². The van der Waals surface area contributed by atoms with Crippen LogP contribution in [0.2, 0.25) is 0 Å². The van der Waals surface area contributed by atoms with Gasteiger partial charge in [0, 0.05) is 38.1 Å². The van der Waals surface area contributed by atoms with Gasteiger partial charge in [0.25, 0.3) is 5.91 Å². The van der Waals surface area contributed by atoms with Gasteiger partial charge in [-0.1, -0.05) is 42.5 Å². The largest absolute Gasteiger partial charge is 0.484 e. The summed E-state index contributed by atoms with van der Waals surface area (Å²) < 4.78 is 22.1. The maximum atomic E-state index is 12.7. The maximum Gasteiger partial charge on any atom is 0.407 e. The molecule has 13 nitrogen and oxygen atoms in total. The molecule has 1 saturated heterocycles. The Bertz CT molecular complexity index is 1310. The second-order valence-electron chi connectivity index (χ2n) is 14.2. The number of aliphatic hydroxyl groups excluding tert-OH is 2. The number of rotatable bonds is 15. The SMILES string of the molecule is CC(C)(C)NC(=O)O[C@@H](Cc1ccccc1)[C@H](O)CNC[C@@H](O)[C@H](Cc1ccc(OCC(=O)N2CCOCC2)cc1)NC(=O)OC(C)(C)C. The van der Waals surface area contributed by atoms with E-state index in [4.69, 9.17) is 18.9 Å². The smallest absolute Gasteiger partial charge is 0.407 e. The maximum absolute atomic E-state index is 12.7. The van der Waals surface area contributed by atoms with E-state index in [0.717, 1.165) is 11.1 Å². The van der Waals surface area contributed by atoms with E-state index >= 15 is 0 Å². The number of hydrogen-bond donors (Lipinski definition) is 5. The number of alkyl carbamates (subject to hydrolysis) is 2. The van der Waals surface area contributed by atoms with Crippen LogP contribution in [0.15, 0.2) is 54.6 Å². The minimum atomic E-state index is -1.10. The van der Waals surface area contributed by atoms with Crippen LogP contribution in [0.5, 0.6) is 5.75 Å². The lowest BCUT2D eigenvalue weighted by Gasteiger charge is -2.29. The van der Waals surface area contributed by atoms with E-state index in [1.807, 2.05) is 51.1 Å². The van der Waals surface area contributed by atoms with Crippen molar-refractivity contribution in [1.29, 1.82) is 0 Å². The van der Waals surface area contributed by atoms with Gasteiger partial charge in [-0.05, 0) is 71.2 Å². The third-order valence-corrected chi connectivity index (χ3v) is 7.42. The van der Waals surface area contributed by atoms with E-state index < -0.39 is 47.7 Å². The summed E-state index contributed by atoms with van der Waals surface area (Å²) in [4.78, 5) is 39.4. The highest BCUT2D eigenvalue weighted by Gasteiger charge is 2.28. The van der Waals surface area contributed by atoms with E-state index in [-0.39, 0.29) is 38.4 Å². The van der Waals surface area contributed by atoms with Gasteiger partial charge in [0.15, 0.2) is 6.61 Å². The van der Waals surface area contributed by atoms with Crippen LogP contribution < -0.4 is 20.7 Å². The molecule has 3 rings (SSSR count). The summed E-state index contributed by atoms with van der Waals surface area (Å²) in [6.45, 7) is 12.8. The number of aliphatic hydroxyl groups is 2. The van der Waals surface area contributed by atoms with Crippen molar-refractivity contribution in [3.8, 4) is 5.75 Å². The molecule has 1 heterocycles. The number of benzene rings is 2. The fourth-order valence-electron chi connectivity index (χ4n) is 5.00. The number of carbonyl (C=O) groups excluding carboxylic acids is 3. The van der Waals surface area contributed by atoms with Crippen molar-refractivity contribution in [3.63, 3.8) is 0 Å². The fourth-order valence-corrected chi connectivity index (χ4v) is 5.00. The number of hydrogen-bond acceptors (Lipinski definition) is 10. The van der Waals surface area contributed by atoms with Crippen LogP contribution in [-0.4, -0.2) is 115 Å². The van der Waals surface area contributed by atoms with Crippen molar-refractivity contribution in [1.82, 2.24) is 20.9 Å². The number of nitrogens with zero attached hydrogens (tertiary/aromatic N) is 1. The van der Waals surface area contributed by atoms with Crippen LogP contribution in [-0.2, 0) is 31.8 Å². The zero-order valence-electron chi connectivity index (χ0n) is 29.6. The molecule has 0 radical (unpaired) electrons. The first-order chi connectivity index (χ1) is 23.1. The first-order valence-corrected chi connectivity index (χ1v) is 16.7. The predicted octanol–water partition coefficient (Wildman–Crippen LogP) is 2.81. The summed E-state index contributed by atoms with van der Waals surface area (Å²) in [6.07, 6.45) is -3.83. The van der Waals surface area contributed by atoms with E-state index in [9.17, 15) is 24.6 Å². The summed E-state index contributed by atoms with van der Waals surface area (Å²) in [5, 5.41) is 30.9. The van der Waals surface area contributed by atoms with Crippen LogP contribution in [0.1, 0.15) is 52.7 Å². The van der Waals surface area contributed by atoms with Crippen molar-refractivity contribution in [2.75, 3.05) is 46.0 Å². The monoisotopic (exact) mass is 686 g/mol. The van der Waals surface area contributed by atoms with Crippen molar-refractivity contribution in [2.24, 2.45) is 0 Å². The number of morpholine rings is 1. The average Bonchev–Trinajstić information content (AvgIpc) is 3.02. The third-order valence-electron chi connectivity index (χ3n) is 7.42.